The summed E-state index contributed by atoms with van der Waals surface area (Å²) in [5.41, 5.74) is 0.608. The van der Waals surface area contributed by atoms with Gasteiger partial charge in [-0.2, -0.15) is 0 Å². The van der Waals surface area contributed by atoms with Gasteiger partial charge in [0.1, 0.15) is 10.7 Å². The molecule has 0 heterocycles. The third-order valence-corrected chi connectivity index (χ3v) is 8.28. The fourth-order valence-corrected chi connectivity index (χ4v) is 6.16. The molecule has 29 heavy (non-hydrogen) atoms. The van der Waals surface area contributed by atoms with Crippen molar-refractivity contribution in [2.75, 3.05) is 11.1 Å². The summed E-state index contributed by atoms with van der Waals surface area (Å²) in [6, 6.07) is 11.1. The first-order valence-corrected chi connectivity index (χ1v) is 12.3. The number of rotatable bonds is 6. The molecule has 0 bridgehead atoms. The highest BCUT2D eigenvalue weighted by atomic mass is 79.9. The molecule has 0 spiro atoms. The van der Waals surface area contributed by atoms with E-state index >= 15 is 0 Å². The number of hydrogen-bond acceptors (Lipinski definition) is 3. The number of nitrogens with one attached hydrogen (secondary N) is 1. The molecule has 156 valence electrons. The van der Waals surface area contributed by atoms with Gasteiger partial charge in [-0.05, 0) is 59.0 Å². The number of hydrogen-bond donors (Lipinski definition) is 1. The Hall–Kier alpha value is -1.44. The van der Waals surface area contributed by atoms with E-state index in [1.165, 1.54) is 6.07 Å². The molecule has 0 saturated heterocycles. The molecule has 8 heteroatoms. The van der Waals surface area contributed by atoms with Crippen LogP contribution in [0.5, 0.6) is 0 Å². The van der Waals surface area contributed by atoms with Crippen molar-refractivity contribution in [3.8, 4) is 0 Å². The Labute approximate surface area is 183 Å². The summed E-state index contributed by atoms with van der Waals surface area (Å²) < 4.78 is 40.8. The molecule has 2 aromatic rings. The normalized spacial score (nSPS) is 16.4. The molecule has 1 N–H and O–H groups in total. The third-order valence-electron chi connectivity index (χ3n) is 5.31. The Balaban J connectivity index is 1.89. The van der Waals surface area contributed by atoms with E-state index in [1.807, 2.05) is 6.07 Å². The van der Waals surface area contributed by atoms with Crippen molar-refractivity contribution < 1.29 is 17.6 Å². The van der Waals surface area contributed by atoms with Crippen molar-refractivity contribution in [1.29, 1.82) is 0 Å². The lowest BCUT2D eigenvalue weighted by molar-refractivity contribution is -0.121. The number of benzene rings is 2. The minimum absolute atomic E-state index is 0.0546. The smallest absolute Gasteiger partial charge is 0.228 e. The molecular weight excluding hydrogens is 481 g/mol. The molecule has 1 aliphatic rings. The van der Waals surface area contributed by atoms with Gasteiger partial charge in [-0.25, -0.2) is 12.8 Å². The Morgan fingerprint density at radius 2 is 1.83 bits per heavy atom. The second kappa shape index (κ2) is 9.58. The SMILES string of the molecule is O=C(Nc1ccccc1)C(CS(=O)(=O)c1cc(Br)c(Cl)cc1F)C1CCCCC1. The Morgan fingerprint density at radius 3 is 2.48 bits per heavy atom. The maximum absolute atomic E-state index is 14.4. The summed E-state index contributed by atoms with van der Waals surface area (Å²) in [7, 11) is -4.04. The van der Waals surface area contributed by atoms with Crippen LogP contribution >= 0.6 is 27.5 Å². The minimum Gasteiger partial charge on any atom is -0.326 e. The number of anilines is 1. The standard InChI is InChI=1S/C21H22BrClFNO3S/c22-17-11-20(19(24)12-18(17)23)29(27,28)13-16(14-7-3-1-4-8-14)21(26)25-15-9-5-2-6-10-15/h2,5-6,9-12,14,16H,1,3-4,7-8,13H2,(H,25,26). The highest BCUT2D eigenvalue weighted by Crippen LogP contribution is 2.34. The summed E-state index contributed by atoms with van der Waals surface area (Å²) in [4.78, 5) is 12.6. The van der Waals surface area contributed by atoms with Crippen LogP contribution in [0.1, 0.15) is 32.1 Å². The molecule has 1 aliphatic carbocycles. The van der Waals surface area contributed by atoms with Gasteiger partial charge in [-0.1, -0.05) is 49.1 Å². The van der Waals surface area contributed by atoms with E-state index in [0.717, 1.165) is 38.2 Å². The lowest BCUT2D eigenvalue weighted by atomic mass is 9.80. The van der Waals surface area contributed by atoms with Crippen LogP contribution < -0.4 is 5.32 Å². The van der Waals surface area contributed by atoms with E-state index < -0.39 is 32.2 Å². The number of halogens is 3. The molecule has 1 unspecified atom stereocenters. The van der Waals surface area contributed by atoms with E-state index in [4.69, 9.17) is 11.6 Å². The Kier molecular flexibility index (Phi) is 7.35. The molecular formula is C21H22BrClFNO3S. The largest absolute Gasteiger partial charge is 0.326 e. The molecule has 0 aromatic heterocycles. The zero-order chi connectivity index (χ0) is 21.0. The van der Waals surface area contributed by atoms with E-state index in [0.29, 0.717) is 10.2 Å². The first-order valence-electron chi connectivity index (χ1n) is 9.51. The monoisotopic (exact) mass is 501 g/mol. The van der Waals surface area contributed by atoms with Gasteiger partial charge < -0.3 is 5.32 Å². The van der Waals surface area contributed by atoms with E-state index in [1.54, 1.807) is 24.3 Å². The highest BCUT2D eigenvalue weighted by Gasteiger charge is 2.35. The second-order valence-corrected chi connectivity index (χ2v) is 10.6. The molecule has 1 saturated carbocycles. The fraction of sp³-hybridized carbons (Fsp3) is 0.381. The van der Waals surface area contributed by atoms with Crippen LogP contribution in [-0.2, 0) is 14.6 Å². The highest BCUT2D eigenvalue weighted by molar-refractivity contribution is 9.10. The number of para-hydroxylation sites is 1. The van der Waals surface area contributed by atoms with Gasteiger partial charge in [0.25, 0.3) is 0 Å². The van der Waals surface area contributed by atoms with Gasteiger partial charge in [0, 0.05) is 10.2 Å². The van der Waals surface area contributed by atoms with Crippen LogP contribution in [0.15, 0.2) is 51.8 Å². The zero-order valence-electron chi connectivity index (χ0n) is 15.7. The third kappa shape index (κ3) is 5.58. The van der Waals surface area contributed by atoms with Crippen LogP contribution in [0, 0.1) is 17.7 Å². The Morgan fingerprint density at radius 1 is 1.17 bits per heavy atom. The van der Waals surface area contributed by atoms with Gasteiger partial charge in [0.15, 0.2) is 9.84 Å². The Bertz CT molecular complexity index is 979. The van der Waals surface area contributed by atoms with Gasteiger partial charge in [-0.15, -0.1) is 0 Å². The summed E-state index contributed by atoms with van der Waals surface area (Å²) in [6.07, 6.45) is 4.57. The molecule has 1 amide bonds. The number of sulfone groups is 1. The summed E-state index contributed by atoms with van der Waals surface area (Å²) >= 11 is 9.00. The lowest BCUT2D eigenvalue weighted by Crippen LogP contribution is -2.36. The van der Waals surface area contributed by atoms with Crippen LogP contribution in [0.4, 0.5) is 10.1 Å². The lowest BCUT2D eigenvalue weighted by Gasteiger charge is -2.29. The summed E-state index contributed by atoms with van der Waals surface area (Å²) in [6.45, 7) is 0. The molecule has 4 nitrogen and oxygen atoms in total. The van der Waals surface area contributed by atoms with E-state index in [2.05, 4.69) is 21.2 Å². The fourth-order valence-electron chi connectivity index (χ4n) is 3.79. The van der Waals surface area contributed by atoms with Gasteiger partial charge >= 0.3 is 0 Å². The second-order valence-electron chi connectivity index (χ2n) is 7.34. The minimum atomic E-state index is -4.04. The molecule has 2 aromatic carbocycles. The van der Waals surface area contributed by atoms with Crippen LogP contribution in [0.3, 0.4) is 0 Å². The number of amides is 1. The van der Waals surface area contributed by atoms with Crippen LogP contribution in [-0.4, -0.2) is 20.1 Å². The number of carbonyl (C=O) groups excluding carboxylic acids is 1. The quantitative estimate of drug-likeness (QED) is 0.504. The maximum Gasteiger partial charge on any atom is 0.228 e. The van der Waals surface area contributed by atoms with Crippen molar-refractivity contribution in [2.45, 2.75) is 37.0 Å². The topological polar surface area (TPSA) is 63.2 Å². The average molecular weight is 503 g/mol. The molecule has 3 rings (SSSR count). The van der Waals surface area contributed by atoms with Crippen molar-refractivity contribution >= 4 is 49.0 Å². The average Bonchev–Trinajstić information content (AvgIpc) is 2.70. The number of carbonyl (C=O) groups is 1. The van der Waals surface area contributed by atoms with Gasteiger partial charge in [-0.3, -0.25) is 4.79 Å². The van der Waals surface area contributed by atoms with Crippen molar-refractivity contribution in [2.24, 2.45) is 11.8 Å². The van der Waals surface area contributed by atoms with Crippen molar-refractivity contribution in [3.05, 3.63) is 57.8 Å². The van der Waals surface area contributed by atoms with E-state index in [-0.39, 0.29) is 16.8 Å². The predicted octanol–water partition coefficient (Wildman–Crippen LogP) is 5.85. The summed E-state index contributed by atoms with van der Waals surface area (Å²) in [5.74, 6) is -2.51. The van der Waals surface area contributed by atoms with Gasteiger partial charge in [0.05, 0.1) is 16.7 Å². The van der Waals surface area contributed by atoms with Crippen molar-refractivity contribution in [1.82, 2.24) is 0 Å². The molecule has 0 aliphatic heterocycles. The first kappa shape index (κ1) is 22.2. The summed E-state index contributed by atoms with van der Waals surface area (Å²) in [5, 5.41) is 2.91. The van der Waals surface area contributed by atoms with Crippen molar-refractivity contribution in [3.63, 3.8) is 0 Å². The maximum atomic E-state index is 14.4. The molecule has 0 radical (unpaired) electrons. The predicted molar refractivity (Wildman–Crippen MR) is 116 cm³/mol. The van der Waals surface area contributed by atoms with Gasteiger partial charge in [0.2, 0.25) is 5.91 Å². The molecule has 1 fully saturated rings. The van der Waals surface area contributed by atoms with Crippen LogP contribution in [0.25, 0.3) is 0 Å². The molecule has 1 atom stereocenters. The van der Waals surface area contributed by atoms with E-state index in [9.17, 15) is 17.6 Å². The first-order chi connectivity index (χ1) is 13.8. The van der Waals surface area contributed by atoms with Crippen LogP contribution in [0.2, 0.25) is 5.02 Å². The zero-order valence-corrected chi connectivity index (χ0v) is 18.9.